The second-order valence-electron chi connectivity index (χ2n) is 4.62. The smallest absolute Gasteiger partial charge is 0.255 e. The Kier molecular flexibility index (Phi) is 6.71. The molecule has 0 aliphatic rings. The summed E-state index contributed by atoms with van der Waals surface area (Å²) in [5, 5.41) is 3.49. The molecule has 0 atom stereocenters. The first-order valence-corrected chi connectivity index (χ1v) is 7.93. The molecule has 0 unspecified atom stereocenters. The fourth-order valence-electron chi connectivity index (χ4n) is 1.87. The lowest BCUT2D eigenvalue weighted by molar-refractivity contribution is 0.102. The van der Waals surface area contributed by atoms with E-state index in [1.54, 1.807) is 42.5 Å². The average Bonchev–Trinajstić information content (AvgIpc) is 2.55. The number of amides is 1. The predicted molar refractivity (Wildman–Crippen MR) is 92.8 cm³/mol. The highest BCUT2D eigenvalue weighted by atomic mass is 35.5. The van der Waals surface area contributed by atoms with E-state index in [0.29, 0.717) is 46.9 Å². The van der Waals surface area contributed by atoms with Crippen LogP contribution in [0.2, 0.25) is 10.0 Å². The minimum Gasteiger partial charge on any atom is -0.491 e. The van der Waals surface area contributed by atoms with Gasteiger partial charge in [0.05, 0.1) is 22.3 Å². The molecule has 0 aromatic heterocycles. The quantitative estimate of drug-likeness (QED) is 0.736. The van der Waals surface area contributed by atoms with Gasteiger partial charge in [0.15, 0.2) is 0 Å². The summed E-state index contributed by atoms with van der Waals surface area (Å²) >= 11 is 12.1. The normalized spacial score (nSPS) is 10.4. The zero-order chi connectivity index (χ0) is 16.7. The van der Waals surface area contributed by atoms with Gasteiger partial charge in [-0.15, -0.1) is 0 Å². The van der Waals surface area contributed by atoms with Crippen LogP contribution in [0.15, 0.2) is 42.5 Å². The topological polar surface area (TPSA) is 47.6 Å². The Morgan fingerprint density at radius 2 is 1.70 bits per heavy atom. The number of carbonyl (C=O) groups is 1. The van der Waals surface area contributed by atoms with Crippen LogP contribution in [0, 0.1) is 0 Å². The Bertz CT molecular complexity index is 639. The van der Waals surface area contributed by atoms with Crippen molar-refractivity contribution in [1.82, 2.24) is 0 Å². The van der Waals surface area contributed by atoms with Gasteiger partial charge >= 0.3 is 0 Å². The third kappa shape index (κ3) is 5.13. The largest absolute Gasteiger partial charge is 0.491 e. The van der Waals surface area contributed by atoms with Crippen molar-refractivity contribution >= 4 is 34.8 Å². The number of benzene rings is 2. The fourth-order valence-corrected chi connectivity index (χ4v) is 2.36. The third-order valence-corrected chi connectivity index (χ3v) is 3.65. The van der Waals surface area contributed by atoms with E-state index in [9.17, 15) is 4.79 Å². The molecule has 23 heavy (non-hydrogen) atoms. The first-order valence-electron chi connectivity index (χ1n) is 7.17. The summed E-state index contributed by atoms with van der Waals surface area (Å²) in [5.74, 6) is 0.387. The van der Waals surface area contributed by atoms with Crippen LogP contribution >= 0.6 is 23.2 Å². The van der Waals surface area contributed by atoms with Crippen molar-refractivity contribution in [2.75, 3.05) is 25.1 Å². The van der Waals surface area contributed by atoms with E-state index in [2.05, 4.69) is 5.32 Å². The lowest BCUT2D eigenvalue weighted by atomic mass is 10.2. The van der Waals surface area contributed by atoms with Crippen LogP contribution in [0.3, 0.4) is 0 Å². The van der Waals surface area contributed by atoms with Gasteiger partial charge in [0.1, 0.15) is 12.4 Å². The van der Waals surface area contributed by atoms with E-state index in [1.165, 1.54) is 0 Å². The van der Waals surface area contributed by atoms with Crippen LogP contribution in [0.25, 0.3) is 0 Å². The number of rotatable bonds is 7. The molecule has 0 saturated carbocycles. The molecule has 0 radical (unpaired) electrons. The highest BCUT2D eigenvalue weighted by Gasteiger charge is 2.11. The van der Waals surface area contributed by atoms with Crippen LogP contribution in [-0.2, 0) is 4.74 Å². The Hall–Kier alpha value is -1.75. The van der Waals surface area contributed by atoms with Gasteiger partial charge in [-0.2, -0.15) is 0 Å². The lowest BCUT2D eigenvalue weighted by Crippen LogP contribution is -2.12. The van der Waals surface area contributed by atoms with Gasteiger partial charge in [-0.3, -0.25) is 4.79 Å². The van der Waals surface area contributed by atoms with E-state index in [-0.39, 0.29) is 5.91 Å². The molecule has 0 fully saturated rings. The van der Waals surface area contributed by atoms with Crippen LogP contribution in [-0.4, -0.2) is 25.7 Å². The minimum atomic E-state index is -0.291. The maximum absolute atomic E-state index is 12.2. The summed E-state index contributed by atoms with van der Waals surface area (Å²) in [5.41, 5.74) is 0.885. The summed E-state index contributed by atoms with van der Waals surface area (Å²) in [4.78, 5) is 12.2. The number of para-hydroxylation sites is 1. The van der Waals surface area contributed by atoms with E-state index < -0.39 is 0 Å². The third-order valence-electron chi connectivity index (χ3n) is 3.02. The van der Waals surface area contributed by atoms with Gasteiger partial charge in [0.2, 0.25) is 0 Å². The van der Waals surface area contributed by atoms with Crippen LogP contribution < -0.4 is 10.1 Å². The van der Waals surface area contributed by atoms with E-state index >= 15 is 0 Å². The number of anilines is 1. The van der Waals surface area contributed by atoms with Crippen molar-refractivity contribution < 1.29 is 14.3 Å². The number of hydrogen-bond acceptors (Lipinski definition) is 3. The van der Waals surface area contributed by atoms with Crippen molar-refractivity contribution in [3.8, 4) is 5.75 Å². The molecule has 122 valence electrons. The molecular weight excluding hydrogens is 337 g/mol. The summed E-state index contributed by atoms with van der Waals surface area (Å²) in [7, 11) is 0. The van der Waals surface area contributed by atoms with Gasteiger partial charge in [-0.25, -0.2) is 0 Å². The van der Waals surface area contributed by atoms with Gasteiger partial charge in [-0.1, -0.05) is 29.3 Å². The van der Waals surface area contributed by atoms with Crippen molar-refractivity contribution in [3.05, 3.63) is 58.1 Å². The van der Waals surface area contributed by atoms with Crippen molar-refractivity contribution in [2.45, 2.75) is 6.92 Å². The first kappa shape index (κ1) is 17.6. The first-order chi connectivity index (χ1) is 11.1. The molecule has 2 aromatic rings. The van der Waals surface area contributed by atoms with E-state index in [4.69, 9.17) is 32.7 Å². The molecule has 1 amide bonds. The average molecular weight is 354 g/mol. The molecule has 2 aromatic carbocycles. The zero-order valence-corrected chi connectivity index (χ0v) is 14.2. The van der Waals surface area contributed by atoms with E-state index in [1.807, 2.05) is 6.92 Å². The maximum atomic E-state index is 12.2. The molecule has 0 aliphatic heterocycles. The summed E-state index contributed by atoms with van der Waals surface area (Å²) < 4.78 is 10.7. The zero-order valence-electron chi connectivity index (χ0n) is 12.6. The van der Waals surface area contributed by atoms with Crippen LogP contribution in [0.5, 0.6) is 5.75 Å². The van der Waals surface area contributed by atoms with Crippen molar-refractivity contribution in [2.24, 2.45) is 0 Å². The number of ether oxygens (including phenoxy) is 2. The molecule has 0 aliphatic carbocycles. The van der Waals surface area contributed by atoms with Crippen molar-refractivity contribution in [3.63, 3.8) is 0 Å². The predicted octanol–water partition coefficient (Wildman–Crippen LogP) is 4.66. The molecule has 1 N–H and O–H groups in total. The standard InChI is InChI=1S/C17H17Cl2NO3/c1-2-22-10-11-23-13-8-6-12(7-9-13)17(21)20-16-14(18)4-3-5-15(16)19/h3-9H,2,10-11H2,1H3,(H,20,21). The molecular formula is C17H17Cl2NO3. The Labute approximate surface area is 145 Å². The highest BCUT2D eigenvalue weighted by Crippen LogP contribution is 2.30. The number of hydrogen-bond donors (Lipinski definition) is 1. The minimum absolute atomic E-state index is 0.291. The summed E-state index contributed by atoms with van der Waals surface area (Å²) in [6.45, 7) is 3.59. The Balaban J connectivity index is 1.97. The second kappa shape index (κ2) is 8.77. The van der Waals surface area contributed by atoms with Gasteiger partial charge < -0.3 is 14.8 Å². The monoisotopic (exact) mass is 353 g/mol. The fraction of sp³-hybridized carbons (Fsp3) is 0.235. The highest BCUT2D eigenvalue weighted by molar-refractivity contribution is 6.40. The SMILES string of the molecule is CCOCCOc1ccc(C(=O)Nc2c(Cl)cccc2Cl)cc1. The van der Waals surface area contributed by atoms with E-state index in [0.717, 1.165) is 0 Å². The summed E-state index contributed by atoms with van der Waals surface area (Å²) in [6, 6.07) is 11.9. The Morgan fingerprint density at radius 3 is 2.30 bits per heavy atom. The molecule has 6 heteroatoms. The van der Waals surface area contributed by atoms with Crippen LogP contribution in [0.1, 0.15) is 17.3 Å². The molecule has 0 heterocycles. The molecule has 4 nitrogen and oxygen atoms in total. The van der Waals surface area contributed by atoms with Gasteiger partial charge in [0.25, 0.3) is 5.91 Å². The number of nitrogens with one attached hydrogen (secondary N) is 1. The lowest BCUT2D eigenvalue weighted by Gasteiger charge is -2.10. The van der Waals surface area contributed by atoms with Crippen molar-refractivity contribution in [1.29, 1.82) is 0 Å². The summed E-state index contributed by atoms with van der Waals surface area (Å²) in [6.07, 6.45) is 0. The van der Waals surface area contributed by atoms with Crippen LogP contribution in [0.4, 0.5) is 5.69 Å². The van der Waals surface area contributed by atoms with Gasteiger partial charge in [-0.05, 0) is 43.3 Å². The Morgan fingerprint density at radius 1 is 1.04 bits per heavy atom. The molecule has 0 saturated heterocycles. The number of halogens is 2. The molecule has 2 rings (SSSR count). The maximum Gasteiger partial charge on any atom is 0.255 e. The van der Waals surface area contributed by atoms with Gasteiger partial charge in [0, 0.05) is 12.2 Å². The second-order valence-corrected chi connectivity index (χ2v) is 5.43. The molecule has 0 bridgehead atoms. The number of carbonyl (C=O) groups excluding carboxylic acids is 1. The molecule has 0 spiro atoms.